The van der Waals surface area contributed by atoms with Crippen LogP contribution in [0.2, 0.25) is 5.02 Å². The van der Waals surface area contributed by atoms with Crippen LogP contribution in [-0.2, 0) is 11.0 Å². The van der Waals surface area contributed by atoms with Gasteiger partial charge >= 0.3 is 12.1 Å². The van der Waals surface area contributed by atoms with E-state index in [-0.39, 0.29) is 29.9 Å². The number of alkyl halides is 3. The first-order chi connectivity index (χ1) is 19.4. The molecule has 1 unspecified atom stereocenters. The van der Waals surface area contributed by atoms with E-state index in [1.54, 1.807) is 24.4 Å². The van der Waals surface area contributed by atoms with Crippen molar-refractivity contribution in [2.75, 3.05) is 13.7 Å². The summed E-state index contributed by atoms with van der Waals surface area (Å²) in [5.41, 5.74) is 2.19. The van der Waals surface area contributed by atoms with Gasteiger partial charge in [-0.3, -0.25) is 14.3 Å². The van der Waals surface area contributed by atoms with Gasteiger partial charge in [0.15, 0.2) is 0 Å². The summed E-state index contributed by atoms with van der Waals surface area (Å²) < 4.78 is 47.1. The molecule has 0 spiro atoms. The Morgan fingerprint density at radius 1 is 1.07 bits per heavy atom. The molecule has 4 aromatic rings. The van der Waals surface area contributed by atoms with Gasteiger partial charge in [0, 0.05) is 28.3 Å². The van der Waals surface area contributed by atoms with Gasteiger partial charge in [0.2, 0.25) is 0 Å². The summed E-state index contributed by atoms with van der Waals surface area (Å²) in [4.78, 5) is 23.1. The molecule has 41 heavy (non-hydrogen) atoms. The highest BCUT2D eigenvalue weighted by atomic mass is 35.5. The SMILES string of the molecule is COc1c(-c2ccc(C(F)(F)F)cc2Cl)ccc2c1cnn2C(CC(C)C)c1ccc(C(=O)NCCC(=O)O)cc1. The summed E-state index contributed by atoms with van der Waals surface area (Å²) in [6, 6.07) is 13.7. The Hall–Kier alpha value is -4.05. The maximum atomic E-state index is 13.2. The van der Waals surface area contributed by atoms with E-state index in [1.807, 2.05) is 22.9 Å². The van der Waals surface area contributed by atoms with Crippen molar-refractivity contribution in [1.82, 2.24) is 15.1 Å². The van der Waals surface area contributed by atoms with Crippen LogP contribution in [0.3, 0.4) is 0 Å². The van der Waals surface area contributed by atoms with Crippen LogP contribution in [0.1, 0.15) is 54.2 Å². The van der Waals surface area contributed by atoms with Gasteiger partial charge in [0.1, 0.15) is 5.75 Å². The van der Waals surface area contributed by atoms with Crippen LogP contribution in [0, 0.1) is 5.92 Å². The lowest BCUT2D eigenvalue weighted by molar-refractivity contribution is -0.138. The molecule has 0 aliphatic heterocycles. The Morgan fingerprint density at radius 3 is 2.34 bits per heavy atom. The number of benzene rings is 3. The predicted octanol–water partition coefficient (Wildman–Crippen LogP) is 7.22. The molecule has 4 rings (SSSR count). The van der Waals surface area contributed by atoms with Crippen LogP contribution in [0.4, 0.5) is 13.2 Å². The number of hydrogen-bond donors (Lipinski definition) is 2. The topological polar surface area (TPSA) is 93.5 Å². The van der Waals surface area contributed by atoms with Gasteiger partial charge < -0.3 is 15.2 Å². The lowest BCUT2D eigenvalue weighted by atomic mass is 9.95. The first-order valence-electron chi connectivity index (χ1n) is 12.9. The molecule has 3 aromatic carbocycles. The molecule has 0 radical (unpaired) electrons. The molecular formula is C30H29ClF3N3O4. The van der Waals surface area contributed by atoms with Crippen molar-refractivity contribution < 1.29 is 32.6 Å². The number of carbonyl (C=O) groups is 2. The third-order valence-corrected chi connectivity index (χ3v) is 7.01. The zero-order valence-corrected chi connectivity index (χ0v) is 23.4. The Balaban J connectivity index is 1.70. The number of aliphatic carboxylic acids is 1. The smallest absolute Gasteiger partial charge is 0.416 e. The summed E-state index contributed by atoms with van der Waals surface area (Å²) in [5, 5.41) is 16.7. The molecule has 0 fully saturated rings. The van der Waals surface area contributed by atoms with E-state index in [4.69, 9.17) is 21.4 Å². The van der Waals surface area contributed by atoms with Crippen molar-refractivity contribution in [3.8, 4) is 16.9 Å². The average Bonchev–Trinajstić information content (AvgIpc) is 3.34. The fourth-order valence-electron chi connectivity index (χ4n) is 4.75. The van der Waals surface area contributed by atoms with Crippen LogP contribution in [0.15, 0.2) is 60.8 Å². The Bertz CT molecular complexity index is 1570. The van der Waals surface area contributed by atoms with Crippen LogP contribution in [0.25, 0.3) is 22.0 Å². The van der Waals surface area contributed by atoms with E-state index in [0.717, 1.165) is 29.6 Å². The highest BCUT2D eigenvalue weighted by Gasteiger charge is 2.31. The van der Waals surface area contributed by atoms with Crippen molar-refractivity contribution in [3.63, 3.8) is 0 Å². The molecule has 0 aliphatic rings. The molecule has 0 bridgehead atoms. The van der Waals surface area contributed by atoms with Gasteiger partial charge in [-0.05, 0) is 54.3 Å². The number of rotatable bonds is 10. The van der Waals surface area contributed by atoms with Gasteiger partial charge in [-0.15, -0.1) is 0 Å². The van der Waals surface area contributed by atoms with Gasteiger partial charge in [-0.1, -0.05) is 43.6 Å². The zero-order valence-electron chi connectivity index (χ0n) is 22.6. The van der Waals surface area contributed by atoms with Gasteiger partial charge in [-0.25, -0.2) is 0 Å². The van der Waals surface area contributed by atoms with Crippen molar-refractivity contribution in [3.05, 3.63) is 82.5 Å². The monoisotopic (exact) mass is 587 g/mol. The van der Waals surface area contributed by atoms with E-state index in [2.05, 4.69) is 24.3 Å². The fraction of sp³-hybridized carbons (Fsp3) is 0.300. The minimum Gasteiger partial charge on any atom is -0.495 e. The van der Waals surface area contributed by atoms with Gasteiger partial charge in [0.05, 0.1) is 42.2 Å². The molecule has 216 valence electrons. The molecule has 0 saturated carbocycles. The lowest BCUT2D eigenvalue weighted by Gasteiger charge is -2.22. The Morgan fingerprint density at radius 2 is 1.76 bits per heavy atom. The normalized spacial score (nSPS) is 12.5. The number of ether oxygens (including phenoxy) is 1. The summed E-state index contributed by atoms with van der Waals surface area (Å²) >= 11 is 6.29. The summed E-state index contributed by atoms with van der Waals surface area (Å²) in [6.45, 7) is 4.22. The fourth-order valence-corrected chi connectivity index (χ4v) is 5.03. The van der Waals surface area contributed by atoms with E-state index < -0.39 is 17.7 Å². The van der Waals surface area contributed by atoms with Crippen molar-refractivity contribution in [2.24, 2.45) is 5.92 Å². The molecule has 2 N–H and O–H groups in total. The summed E-state index contributed by atoms with van der Waals surface area (Å²) in [6.07, 6.45) is -2.28. The van der Waals surface area contributed by atoms with Gasteiger partial charge in [-0.2, -0.15) is 18.3 Å². The second kappa shape index (κ2) is 12.2. The van der Waals surface area contributed by atoms with Gasteiger partial charge in [0.25, 0.3) is 5.91 Å². The van der Waals surface area contributed by atoms with Crippen LogP contribution in [-0.4, -0.2) is 40.4 Å². The average molecular weight is 588 g/mol. The molecule has 11 heteroatoms. The number of nitrogens with one attached hydrogen (secondary N) is 1. The Kier molecular flexibility index (Phi) is 8.92. The largest absolute Gasteiger partial charge is 0.495 e. The molecule has 0 aliphatic carbocycles. The highest BCUT2D eigenvalue weighted by Crippen LogP contribution is 2.42. The quantitative estimate of drug-likeness (QED) is 0.204. The molecule has 7 nitrogen and oxygen atoms in total. The van der Waals surface area contributed by atoms with Crippen LogP contribution >= 0.6 is 11.6 Å². The minimum atomic E-state index is -4.51. The number of carboxylic acids is 1. The Labute approximate surface area is 239 Å². The zero-order chi connectivity index (χ0) is 29.9. The van der Waals surface area contributed by atoms with Crippen molar-refractivity contribution in [1.29, 1.82) is 0 Å². The maximum Gasteiger partial charge on any atom is 0.416 e. The second-order valence-electron chi connectivity index (χ2n) is 10.0. The molecule has 1 amide bonds. The molecule has 1 heterocycles. The van der Waals surface area contributed by atoms with E-state index in [0.29, 0.717) is 33.7 Å². The molecule has 1 atom stereocenters. The third kappa shape index (κ3) is 6.65. The molecular weight excluding hydrogens is 559 g/mol. The summed E-state index contributed by atoms with van der Waals surface area (Å²) in [5.74, 6) is -0.616. The second-order valence-corrected chi connectivity index (χ2v) is 10.4. The number of aromatic nitrogens is 2. The predicted molar refractivity (Wildman–Crippen MR) is 150 cm³/mol. The van der Waals surface area contributed by atoms with Crippen molar-refractivity contribution >= 4 is 34.4 Å². The highest BCUT2D eigenvalue weighted by molar-refractivity contribution is 6.33. The van der Waals surface area contributed by atoms with E-state index >= 15 is 0 Å². The maximum absolute atomic E-state index is 13.2. The lowest BCUT2D eigenvalue weighted by Crippen LogP contribution is -2.26. The molecule has 0 saturated heterocycles. The van der Waals surface area contributed by atoms with Crippen LogP contribution < -0.4 is 10.1 Å². The van der Waals surface area contributed by atoms with Crippen molar-refractivity contribution in [2.45, 2.75) is 38.9 Å². The molecule has 1 aromatic heterocycles. The summed E-state index contributed by atoms with van der Waals surface area (Å²) in [7, 11) is 1.49. The first-order valence-corrected chi connectivity index (χ1v) is 13.3. The standard InChI is InChI=1S/C30H29ClF3N3O4/c1-17(2)14-26(18-4-6-19(7-5-18)29(40)35-13-12-27(38)39)37-25-11-10-22(28(41-3)23(25)16-36-37)21-9-8-20(15-24(21)31)30(32,33)34/h4-11,15-17,26H,12-14H2,1-3H3,(H,35,40)(H,38,39). The number of carboxylic acid groups (broad SMARTS) is 1. The van der Waals surface area contributed by atoms with E-state index in [9.17, 15) is 22.8 Å². The minimum absolute atomic E-state index is 0.0344. The number of hydrogen-bond acceptors (Lipinski definition) is 4. The van der Waals surface area contributed by atoms with E-state index in [1.165, 1.54) is 13.2 Å². The number of methoxy groups -OCH3 is 1. The number of halogens is 4. The third-order valence-electron chi connectivity index (χ3n) is 6.69. The number of carbonyl (C=O) groups excluding carboxylic acids is 1. The number of fused-ring (bicyclic) bond motifs is 1. The number of amides is 1. The van der Waals surface area contributed by atoms with Crippen LogP contribution in [0.5, 0.6) is 5.75 Å². The first kappa shape index (κ1) is 29.9. The number of nitrogens with zero attached hydrogens (tertiary/aromatic N) is 2.